The second kappa shape index (κ2) is 4.96. The minimum atomic E-state index is -0.997. The fourth-order valence-electron chi connectivity index (χ4n) is 0.726. The third-order valence-electron chi connectivity index (χ3n) is 1.58. The smallest absolute Gasteiger partial charge is 0.254 e. The first-order valence-corrected chi connectivity index (χ1v) is 6.00. The van der Waals surface area contributed by atoms with Crippen LogP contribution >= 0.6 is 11.6 Å². The van der Waals surface area contributed by atoms with Crippen LogP contribution in [-0.4, -0.2) is 20.5 Å². The van der Waals surface area contributed by atoms with Crippen LogP contribution in [0.4, 0.5) is 0 Å². The number of aromatic nitrogens is 1. The van der Waals surface area contributed by atoms with E-state index in [1.807, 2.05) is 20.8 Å². The summed E-state index contributed by atoms with van der Waals surface area (Å²) in [6, 6.07) is 3.49. The normalized spacial score (nSPS) is 14.5. The summed E-state index contributed by atoms with van der Waals surface area (Å²) in [7, 11) is 0. The minimum Gasteiger partial charge on any atom is -0.254 e. The van der Waals surface area contributed by atoms with Gasteiger partial charge in [0.15, 0.2) is 4.75 Å². The molecule has 1 unspecified atom stereocenters. The third kappa shape index (κ3) is 4.20. The highest BCUT2D eigenvalue weighted by Crippen LogP contribution is 2.16. The lowest BCUT2D eigenvalue weighted by atomic mass is 10.3. The van der Waals surface area contributed by atoms with Gasteiger partial charge in [-0.2, -0.15) is 4.55 Å². The number of nitrogens with zero attached hydrogens (tertiary/aromatic N) is 2. The fourth-order valence-corrected chi connectivity index (χ4v) is 1.36. The highest BCUT2D eigenvalue weighted by atomic mass is 35.5. The Labute approximate surface area is 97.9 Å². The van der Waals surface area contributed by atoms with E-state index in [0.29, 0.717) is 10.7 Å². The van der Waals surface area contributed by atoms with E-state index < -0.39 is 11.4 Å². The van der Waals surface area contributed by atoms with Gasteiger partial charge in [0.1, 0.15) is 6.21 Å². The molecule has 0 saturated heterocycles. The van der Waals surface area contributed by atoms with Crippen LogP contribution in [0, 0.1) is 0 Å². The molecule has 0 spiro atoms. The topological polar surface area (TPSA) is 45.5 Å². The van der Waals surface area contributed by atoms with Gasteiger partial charge in [-0.1, -0.05) is 11.6 Å². The molecule has 15 heavy (non-hydrogen) atoms. The van der Waals surface area contributed by atoms with Gasteiger partial charge in [-0.3, -0.25) is 4.98 Å². The molecule has 82 valence electrons. The summed E-state index contributed by atoms with van der Waals surface area (Å²) < 4.78 is 13.5. The Bertz CT molecular complexity index is 345. The molecule has 0 amide bonds. The van der Waals surface area contributed by atoms with Crippen molar-refractivity contribution >= 4 is 29.2 Å². The molecular formula is C10H14ClN2OS+. The van der Waals surface area contributed by atoms with E-state index in [0.717, 1.165) is 0 Å². The molecule has 1 aromatic heterocycles. The van der Waals surface area contributed by atoms with E-state index in [-0.39, 0.29) is 4.75 Å². The van der Waals surface area contributed by atoms with Gasteiger partial charge < -0.3 is 0 Å². The Morgan fingerprint density at radius 2 is 2.13 bits per heavy atom. The molecule has 1 heterocycles. The summed E-state index contributed by atoms with van der Waals surface area (Å²) in [5, 5.41) is 0.589. The highest BCUT2D eigenvalue weighted by molar-refractivity contribution is 7.91. The van der Waals surface area contributed by atoms with Crippen molar-refractivity contribution in [2.45, 2.75) is 25.5 Å². The van der Waals surface area contributed by atoms with Crippen LogP contribution < -0.4 is 0 Å². The third-order valence-corrected chi connectivity index (χ3v) is 3.21. The van der Waals surface area contributed by atoms with E-state index in [2.05, 4.69) is 9.38 Å². The number of pyridine rings is 1. The Hall–Kier alpha value is -0.580. The van der Waals surface area contributed by atoms with Crippen LogP contribution in [0.1, 0.15) is 26.5 Å². The highest BCUT2D eigenvalue weighted by Gasteiger charge is 2.34. The molecule has 1 rings (SSSR count). The van der Waals surface area contributed by atoms with Gasteiger partial charge in [-0.15, -0.1) is 0 Å². The van der Waals surface area contributed by atoms with Gasteiger partial charge >= 0.3 is 0 Å². The molecule has 1 aromatic rings. The van der Waals surface area contributed by atoms with Gasteiger partial charge in [-0.05, 0) is 37.3 Å². The summed E-state index contributed by atoms with van der Waals surface area (Å²) in [5.41, 5.74) is 0.690. The minimum absolute atomic E-state index is 0.233. The number of halogens is 1. The lowest BCUT2D eigenvalue weighted by Gasteiger charge is -2.07. The van der Waals surface area contributed by atoms with Gasteiger partial charge in [-0.25, -0.2) is 0 Å². The molecule has 5 heteroatoms. The molecule has 3 nitrogen and oxygen atoms in total. The van der Waals surface area contributed by atoms with Gasteiger partial charge in [0.05, 0.1) is 10.7 Å². The van der Waals surface area contributed by atoms with Crippen LogP contribution in [0.3, 0.4) is 0 Å². The van der Waals surface area contributed by atoms with Crippen molar-refractivity contribution in [3.05, 3.63) is 29.0 Å². The predicted octanol–water partition coefficient (Wildman–Crippen LogP) is 2.96. The van der Waals surface area contributed by atoms with E-state index in [1.54, 1.807) is 24.5 Å². The second-order valence-corrected chi connectivity index (χ2v) is 6.41. The largest absolute Gasteiger partial charge is 0.294 e. The van der Waals surface area contributed by atoms with E-state index in [1.165, 1.54) is 0 Å². The number of hydrogen-bond donors (Lipinski definition) is 1. The second-order valence-electron chi connectivity index (χ2n) is 4.01. The van der Waals surface area contributed by atoms with Crippen molar-refractivity contribution in [3.63, 3.8) is 0 Å². The molecule has 0 fully saturated rings. The molecule has 0 aliphatic carbocycles. The summed E-state index contributed by atoms with van der Waals surface area (Å²) >= 11 is 4.70. The number of rotatable bonds is 2. The maximum absolute atomic E-state index is 9.68. The van der Waals surface area contributed by atoms with E-state index >= 15 is 0 Å². The maximum atomic E-state index is 9.68. The Balaban J connectivity index is 2.70. The van der Waals surface area contributed by atoms with Gasteiger partial charge in [0, 0.05) is 6.20 Å². The molecule has 1 N–H and O–H groups in total. The zero-order chi connectivity index (χ0) is 11.5. The van der Waals surface area contributed by atoms with Crippen LogP contribution in [0.25, 0.3) is 0 Å². The Morgan fingerprint density at radius 1 is 1.47 bits per heavy atom. The lowest BCUT2D eigenvalue weighted by Crippen LogP contribution is -2.25. The van der Waals surface area contributed by atoms with Gasteiger partial charge in [0.2, 0.25) is 0 Å². The van der Waals surface area contributed by atoms with Crippen molar-refractivity contribution in [2.24, 2.45) is 4.40 Å². The van der Waals surface area contributed by atoms with E-state index in [4.69, 9.17) is 11.6 Å². The van der Waals surface area contributed by atoms with Crippen molar-refractivity contribution in [3.8, 4) is 0 Å². The SMILES string of the molecule is CC(C)(C)[S+](O)N=Cc1ccc(Cl)cn1. The van der Waals surface area contributed by atoms with Gasteiger partial charge in [0.25, 0.3) is 11.4 Å². The fraction of sp³-hybridized carbons (Fsp3) is 0.400. The van der Waals surface area contributed by atoms with Crippen LogP contribution in [0.2, 0.25) is 5.02 Å². The average Bonchev–Trinajstić information content (AvgIpc) is 2.15. The van der Waals surface area contributed by atoms with Crippen molar-refractivity contribution in [1.29, 1.82) is 0 Å². The summed E-state index contributed by atoms with van der Waals surface area (Å²) in [4.78, 5) is 4.04. The molecule has 0 saturated carbocycles. The molecule has 0 radical (unpaired) electrons. The zero-order valence-electron chi connectivity index (χ0n) is 8.94. The number of hydrogen-bond acceptors (Lipinski definition) is 3. The van der Waals surface area contributed by atoms with Crippen molar-refractivity contribution in [1.82, 2.24) is 4.98 Å². The van der Waals surface area contributed by atoms with Crippen LogP contribution in [-0.2, 0) is 11.4 Å². The molecule has 0 aliphatic rings. The molecule has 1 atom stereocenters. The first-order valence-electron chi connectivity index (χ1n) is 4.49. The standard InChI is InChI=1S/C10H14ClN2OS/c1-10(2,3)15(14)13-7-9-5-4-8(11)6-12-9/h4-7,14H,1-3H3/q+1. The molecular weight excluding hydrogens is 232 g/mol. The Morgan fingerprint density at radius 3 is 2.60 bits per heavy atom. The van der Waals surface area contributed by atoms with Crippen LogP contribution in [0.15, 0.2) is 22.7 Å². The first kappa shape index (κ1) is 12.5. The molecule has 0 bridgehead atoms. The average molecular weight is 246 g/mol. The van der Waals surface area contributed by atoms with E-state index in [9.17, 15) is 4.55 Å². The predicted molar refractivity (Wildman–Crippen MR) is 66.6 cm³/mol. The quantitative estimate of drug-likeness (QED) is 0.643. The lowest BCUT2D eigenvalue weighted by molar-refractivity contribution is 0.597. The molecule has 0 aliphatic heterocycles. The summed E-state index contributed by atoms with van der Waals surface area (Å²) in [5.74, 6) is 0. The zero-order valence-corrected chi connectivity index (χ0v) is 10.5. The van der Waals surface area contributed by atoms with Crippen molar-refractivity contribution in [2.75, 3.05) is 0 Å². The monoisotopic (exact) mass is 245 g/mol. The molecule has 0 aromatic carbocycles. The first-order chi connectivity index (χ1) is 6.89. The summed E-state index contributed by atoms with van der Waals surface area (Å²) in [6.45, 7) is 5.80. The summed E-state index contributed by atoms with van der Waals surface area (Å²) in [6.07, 6.45) is 3.11. The van der Waals surface area contributed by atoms with Crippen molar-refractivity contribution < 1.29 is 4.55 Å². The Kier molecular flexibility index (Phi) is 4.13. The van der Waals surface area contributed by atoms with Crippen LogP contribution in [0.5, 0.6) is 0 Å². The maximum Gasteiger partial charge on any atom is 0.294 e.